The van der Waals surface area contributed by atoms with E-state index < -0.39 is 9.84 Å². The van der Waals surface area contributed by atoms with E-state index in [9.17, 15) is 13.2 Å². The topological polar surface area (TPSA) is 94.2 Å². The molecule has 0 aliphatic rings. The van der Waals surface area contributed by atoms with Crippen molar-refractivity contribution in [3.8, 4) is 0 Å². The fraction of sp³-hybridized carbons (Fsp3) is 0.222. The second kappa shape index (κ2) is 8.01. The lowest BCUT2D eigenvalue weighted by Gasteiger charge is -2.16. The third-order valence-electron chi connectivity index (χ3n) is 3.91. The first kappa shape index (κ1) is 17.9. The maximum atomic E-state index is 12.2. The van der Waals surface area contributed by atoms with Crippen LogP contribution in [0.1, 0.15) is 18.2 Å². The van der Waals surface area contributed by atoms with E-state index in [1.54, 1.807) is 59.7 Å². The number of hydrogen-bond acceptors (Lipinski definition) is 5. The Morgan fingerprint density at radius 3 is 2.62 bits per heavy atom. The molecule has 0 spiro atoms. The van der Waals surface area contributed by atoms with E-state index in [-0.39, 0.29) is 35.6 Å². The van der Waals surface area contributed by atoms with Gasteiger partial charge in [-0.25, -0.2) is 8.42 Å². The number of aromatic nitrogens is 2. The van der Waals surface area contributed by atoms with Gasteiger partial charge in [-0.05, 0) is 30.3 Å². The van der Waals surface area contributed by atoms with Crippen molar-refractivity contribution in [2.24, 2.45) is 0 Å². The maximum Gasteiger partial charge on any atom is 0.221 e. The van der Waals surface area contributed by atoms with Crippen molar-refractivity contribution in [2.75, 3.05) is 12.3 Å². The van der Waals surface area contributed by atoms with Gasteiger partial charge in [0.1, 0.15) is 11.8 Å². The molecule has 1 atom stereocenters. The number of nitrogens with zero attached hydrogens (tertiary/aromatic N) is 2. The van der Waals surface area contributed by atoms with Crippen LogP contribution < -0.4 is 5.32 Å². The Morgan fingerprint density at radius 1 is 1.15 bits per heavy atom. The van der Waals surface area contributed by atoms with Crippen LogP contribution in [0.4, 0.5) is 0 Å². The lowest BCUT2D eigenvalue weighted by Crippen LogP contribution is -2.32. The molecular weight excluding hydrogens is 354 g/mol. The second-order valence-electron chi connectivity index (χ2n) is 5.70. The van der Waals surface area contributed by atoms with Gasteiger partial charge in [-0.2, -0.15) is 5.10 Å². The smallest absolute Gasteiger partial charge is 0.221 e. The molecule has 2 heterocycles. The molecule has 1 amide bonds. The monoisotopic (exact) mass is 373 g/mol. The molecule has 3 rings (SSSR count). The number of carbonyl (C=O) groups excluding carboxylic acids is 1. The van der Waals surface area contributed by atoms with Crippen molar-refractivity contribution in [1.82, 2.24) is 15.1 Å². The lowest BCUT2D eigenvalue weighted by molar-refractivity contribution is -0.120. The highest BCUT2D eigenvalue weighted by molar-refractivity contribution is 7.91. The highest BCUT2D eigenvalue weighted by Crippen LogP contribution is 2.17. The number of furan rings is 1. The zero-order valence-corrected chi connectivity index (χ0v) is 14.8. The molecule has 0 unspecified atom stereocenters. The molecule has 0 aliphatic carbocycles. The fourth-order valence-corrected chi connectivity index (χ4v) is 3.80. The third-order valence-corrected chi connectivity index (χ3v) is 5.64. The summed E-state index contributed by atoms with van der Waals surface area (Å²) in [5, 5.41) is 6.94. The molecule has 0 aliphatic heterocycles. The molecule has 136 valence electrons. The van der Waals surface area contributed by atoms with E-state index in [1.807, 2.05) is 0 Å². The van der Waals surface area contributed by atoms with Gasteiger partial charge in [0.15, 0.2) is 9.84 Å². The van der Waals surface area contributed by atoms with Gasteiger partial charge in [-0.1, -0.05) is 18.2 Å². The first-order chi connectivity index (χ1) is 12.6. The van der Waals surface area contributed by atoms with Gasteiger partial charge >= 0.3 is 0 Å². The van der Waals surface area contributed by atoms with Gasteiger partial charge < -0.3 is 9.73 Å². The summed E-state index contributed by atoms with van der Waals surface area (Å²) < 4.78 is 31.6. The molecule has 2 aromatic heterocycles. The third kappa shape index (κ3) is 4.40. The maximum absolute atomic E-state index is 12.2. The molecule has 26 heavy (non-hydrogen) atoms. The average molecular weight is 373 g/mol. The Bertz CT molecular complexity index is 886. The van der Waals surface area contributed by atoms with Crippen LogP contribution in [0.2, 0.25) is 0 Å². The number of sulfone groups is 1. The van der Waals surface area contributed by atoms with E-state index >= 15 is 0 Å². The second-order valence-corrected chi connectivity index (χ2v) is 7.81. The number of amides is 1. The summed E-state index contributed by atoms with van der Waals surface area (Å²) >= 11 is 0. The van der Waals surface area contributed by atoms with Gasteiger partial charge in [-0.3, -0.25) is 9.48 Å². The Kier molecular flexibility index (Phi) is 5.52. The summed E-state index contributed by atoms with van der Waals surface area (Å²) in [6.45, 7) is 0.249. The standard InChI is InChI=1S/C18H19N3O4S/c22-18(9-13-26(23,24)15-6-2-1-3-7-15)19-14-16(17-8-4-12-25-17)21-11-5-10-20-21/h1-8,10-12,16H,9,13-14H2,(H,19,22)/t16-/m0/s1. The summed E-state index contributed by atoms with van der Waals surface area (Å²) in [4.78, 5) is 12.3. The first-order valence-electron chi connectivity index (χ1n) is 8.13. The molecule has 0 radical (unpaired) electrons. The summed E-state index contributed by atoms with van der Waals surface area (Å²) in [7, 11) is -3.48. The quantitative estimate of drug-likeness (QED) is 0.652. The van der Waals surface area contributed by atoms with Crippen LogP contribution in [0.25, 0.3) is 0 Å². The van der Waals surface area contributed by atoms with Crippen LogP contribution in [0.15, 0.2) is 76.5 Å². The van der Waals surface area contributed by atoms with Crippen molar-refractivity contribution >= 4 is 15.7 Å². The number of nitrogens with one attached hydrogen (secondary N) is 1. The molecule has 1 aromatic carbocycles. The highest BCUT2D eigenvalue weighted by Gasteiger charge is 2.20. The van der Waals surface area contributed by atoms with Gasteiger partial charge in [0.05, 0.1) is 16.9 Å². The lowest BCUT2D eigenvalue weighted by atomic mass is 10.2. The molecule has 3 aromatic rings. The summed E-state index contributed by atoms with van der Waals surface area (Å²) in [5.41, 5.74) is 0. The SMILES string of the molecule is O=C(CCS(=O)(=O)c1ccccc1)NC[C@@H](c1ccco1)n1cccn1. The van der Waals surface area contributed by atoms with E-state index in [1.165, 1.54) is 12.1 Å². The fourth-order valence-electron chi connectivity index (χ4n) is 2.54. The molecule has 0 bridgehead atoms. The minimum absolute atomic E-state index is 0.110. The molecule has 1 N–H and O–H groups in total. The predicted octanol–water partition coefficient (Wildman–Crippen LogP) is 2.05. The van der Waals surface area contributed by atoms with Gasteiger partial charge in [0.25, 0.3) is 0 Å². The normalized spacial score (nSPS) is 12.6. The van der Waals surface area contributed by atoms with Crippen LogP contribution in [0.5, 0.6) is 0 Å². The Morgan fingerprint density at radius 2 is 1.96 bits per heavy atom. The van der Waals surface area contributed by atoms with Gasteiger partial charge in [-0.15, -0.1) is 0 Å². The molecule has 0 fully saturated rings. The van der Waals surface area contributed by atoms with E-state index in [4.69, 9.17) is 4.42 Å². The zero-order chi connectivity index (χ0) is 18.4. The first-order valence-corrected chi connectivity index (χ1v) is 9.78. The number of rotatable bonds is 8. The minimum atomic E-state index is -3.48. The van der Waals surface area contributed by atoms with Gasteiger partial charge in [0.2, 0.25) is 5.91 Å². The van der Waals surface area contributed by atoms with Crippen molar-refractivity contribution in [3.63, 3.8) is 0 Å². The molecule has 7 nitrogen and oxygen atoms in total. The van der Waals surface area contributed by atoms with Crippen molar-refractivity contribution in [3.05, 3.63) is 72.9 Å². The van der Waals surface area contributed by atoms with Crippen LogP contribution in [-0.4, -0.2) is 36.4 Å². The minimum Gasteiger partial charge on any atom is -0.467 e. The van der Waals surface area contributed by atoms with Crippen LogP contribution >= 0.6 is 0 Å². The Labute approximate surface area is 151 Å². The van der Waals surface area contributed by atoms with Crippen LogP contribution in [-0.2, 0) is 14.6 Å². The summed E-state index contributed by atoms with van der Waals surface area (Å²) in [5.74, 6) is 0.0786. The number of hydrogen-bond donors (Lipinski definition) is 1. The average Bonchev–Trinajstić information content (AvgIpc) is 3.36. The molecule has 8 heteroatoms. The number of benzene rings is 1. The Hall–Kier alpha value is -2.87. The largest absolute Gasteiger partial charge is 0.467 e. The van der Waals surface area contributed by atoms with E-state index in [0.29, 0.717) is 5.76 Å². The van der Waals surface area contributed by atoms with Crippen molar-refractivity contribution in [2.45, 2.75) is 17.4 Å². The van der Waals surface area contributed by atoms with Crippen LogP contribution in [0.3, 0.4) is 0 Å². The Balaban J connectivity index is 1.58. The number of carbonyl (C=O) groups is 1. The molecule has 0 saturated carbocycles. The van der Waals surface area contributed by atoms with Crippen LogP contribution in [0, 0.1) is 0 Å². The summed E-state index contributed by atoms with van der Waals surface area (Å²) in [6.07, 6.45) is 4.87. The summed E-state index contributed by atoms with van der Waals surface area (Å²) in [6, 6.07) is 13.2. The van der Waals surface area contributed by atoms with Crippen molar-refractivity contribution < 1.29 is 17.6 Å². The molecular formula is C18H19N3O4S. The van der Waals surface area contributed by atoms with E-state index in [0.717, 1.165) is 0 Å². The predicted molar refractivity (Wildman–Crippen MR) is 95.2 cm³/mol. The highest BCUT2D eigenvalue weighted by atomic mass is 32.2. The zero-order valence-electron chi connectivity index (χ0n) is 14.0. The van der Waals surface area contributed by atoms with Crippen molar-refractivity contribution in [1.29, 1.82) is 0 Å². The van der Waals surface area contributed by atoms with E-state index in [2.05, 4.69) is 10.4 Å². The molecule has 0 saturated heterocycles. The van der Waals surface area contributed by atoms with Gasteiger partial charge in [0, 0.05) is 25.4 Å².